The fourth-order valence-corrected chi connectivity index (χ4v) is 3.31. The molecule has 2 rings (SSSR count). The van der Waals surface area contributed by atoms with Gasteiger partial charge in [-0.3, -0.25) is 0 Å². The van der Waals surface area contributed by atoms with Crippen molar-refractivity contribution < 1.29 is 4.74 Å². The molecule has 2 nitrogen and oxygen atoms in total. The van der Waals surface area contributed by atoms with Crippen LogP contribution in [-0.2, 0) is 6.42 Å². The first kappa shape index (κ1) is 14.6. The van der Waals surface area contributed by atoms with E-state index in [-0.39, 0.29) is 6.04 Å². The van der Waals surface area contributed by atoms with Crippen molar-refractivity contribution in [2.75, 3.05) is 7.11 Å². The fourth-order valence-electron chi connectivity index (χ4n) is 2.93. The Morgan fingerprint density at radius 3 is 2.79 bits per heavy atom. The second kappa shape index (κ2) is 5.68. The summed E-state index contributed by atoms with van der Waals surface area (Å²) in [5.41, 5.74) is 9.12. The quantitative estimate of drug-likeness (QED) is 0.851. The molecule has 3 heteroatoms. The molecule has 0 fully saturated rings. The van der Waals surface area contributed by atoms with E-state index in [1.807, 2.05) is 12.1 Å². The Hall–Kier alpha value is -0.800. The van der Waals surface area contributed by atoms with E-state index in [0.717, 1.165) is 29.5 Å². The summed E-state index contributed by atoms with van der Waals surface area (Å²) in [7, 11) is 1.70. The first-order valence-corrected chi connectivity index (χ1v) is 7.46. The van der Waals surface area contributed by atoms with Crippen molar-refractivity contribution in [1.82, 2.24) is 0 Å². The molecule has 1 aliphatic rings. The van der Waals surface area contributed by atoms with E-state index in [0.29, 0.717) is 5.41 Å². The van der Waals surface area contributed by atoms with E-state index < -0.39 is 0 Å². The van der Waals surface area contributed by atoms with Crippen molar-refractivity contribution in [3.05, 3.63) is 39.9 Å². The van der Waals surface area contributed by atoms with Crippen LogP contribution in [0.4, 0.5) is 0 Å². The summed E-state index contributed by atoms with van der Waals surface area (Å²) in [5, 5.41) is 0. The highest BCUT2D eigenvalue weighted by Crippen LogP contribution is 2.37. The Labute approximate surface area is 124 Å². The fraction of sp³-hybridized carbons (Fsp3) is 0.500. The minimum absolute atomic E-state index is 0.183. The summed E-state index contributed by atoms with van der Waals surface area (Å²) >= 11 is 3.62. The molecule has 1 aromatic rings. The highest BCUT2D eigenvalue weighted by molar-refractivity contribution is 9.10. The minimum atomic E-state index is 0.183. The van der Waals surface area contributed by atoms with Gasteiger partial charge in [0.05, 0.1) is 7.11 Å². The van der Waals surface area contributed by atoms with E-state index in [2.05, 4.69) is 41.9 Å². The van der Waals surface area contributed by atoms with Gasteiger partial charge < -0.3 is 10.5 Å². The standard InChI is InChI=1S/C16H22BrNO/c1-16(2)9-11(7-13(18)10-16)6-12-8-14(19-3)4-5-15(12)17/h4-5,7-8,13H,6,9-10,18H2,1-3H3. The van der Waals surface area contributed by atoms with Gasteiger partial charge in [0.1, 0.15) is 5.75 Å². The Morgan fingerprint density at radius 1 is 1.42 bits per heavy atom. The van der Waals surface area contributed by atoms with Crippen LogP contribution in [0.15, 0.2) is 34.3 Å². The zero-order valence-corrected chi connectivity index (χ0v) is 13.5. The SMILES string of the molecule is COc1ccc(Br)c(CC2=CC(N)CC(C)(C)C2)c1. The molecule has 1 aliphatic carbocycles. The van der Waals surface area contributed by atoms with E-state index in [1.54, 1.807) is 7.11 Å². The summed E-state index contributed by atoms with van der Waals surface area (Å²) in [6, 6.07) is 6.29. The van der Waals surface area contributed by atoms with Crippen LogP contribution < -0.4 is 10.5 Å². The predicted octanol–water partition coefficient (Wildman–Crippen LogP) is 4.07. The molecule has 1 atom stereocenters. The third-order valence-electron chi connectivity index (χ3n) is 3.61. The lowest BCUT2D eigenvalue weighted by Crippen LogP contribution is -2.31. The average Bonchev–Trinajstić information content (AvgIpc) is 2.29. The smallest absolute Gasteiger partial charge is 0.119 e. The molecule has 0 radical (unpaired) electrons. The number of allylic oxidation sites excluding steroid dienone is 1. The maximum absolute atomic E-state index is 6.14. The lowest BCUT2D eigenvalue weighted by molar-refractivity contribution is 0.299. The summed E-state index contributed by atoms with van der Waals surface area (Å²) < 4.78 is 6.43. The Kier molecular flexibility index (Phi) is 4.36. The van der Waals surface area contributed by atoms with Gasteiger partial charge in [-0.05, 0) is 48.4 Å². The Morgan fingerprint density at radius 2 is 2.16 bits per heavy atom. The largest absolute Gasteiger partial charge is 0.497 e. The van der Waals surface area contributed by atoms with E-state index in [1.165, 1.54) is 11.1 Å². The number of methoxy groups -OCH3 is 1. The molecule has 0 aliphatic heterocycles. The molecule has 0 spiro atoms. The van der Waals surface area contributed by atoms with Crippen LogP contribution in [0.2, 0.25) is 0 Å². The van der Waals surface area contributed by atoms with Crippen molar-refractivity contribution >= 4 is 15.9 Å². The molecule has 0 amide bonds. The molecule has 0 heterocycles. The van der Waals surface area contributed by atoms with Crippen LogP contribution in [0.25, 0.3) is 0 Å². The lowest BCUT2D eigenvalue weighted by atomic mass is 9.74. The predicted molar refractivity (Wildman–Crippen MR) is 83.5 cm³/mol. The van der Waals surface area contributed by atoms with Gasteiger partial charge in [-0.1, -0.05) is 41.4 Å². The van der Waals surface area contributed by atoms with Crippen LogP contribution in [0.1, 0.15) is 32.3 Å². The summed E-state index contributed by atoms with van der Waals surface area (Å²) in [4.78, 5) is 0. The van der Waals surface area contributed by atoms with Gasteiger partial charge in [0.15, 0.2) is 0 Å². The second-order valence-corrected chi connectivity index (χ2v) is 7.02. The summed E-state index contributed by atoms with van der Waals surface area (Å²) in [5.74, 6) is 0.901. The molecule has 2 N–H and O–H groups in total. The van der Waals surface area contributed by atoms with Gasteiger partial charge in [-0.25, -0.2) is 0 Å². The molecule has 1 unspecified atom stereocenters. The van der Waals surface area contributed by atoms with Gasteiger partial charge >= 0.3 is 0 Å². The molecule has 19 heavy (non-hydrogen) atoms. The number of rotatable bonds is 3. The van der Waals surface area contributed by atoms with Gasteiger partial charge in [-0.2, -0.15) is 0 Å². The third-order valence-corrected chi connectivity index (χ3v) is 4.39. The maximum atomic E-state index is 6.14. The normalized spacial score (nSPS) is 21.9. The zero-order valence-electron chi connectivity index (χ0n) is 11.9. The Balaban J connectivity index is 2.21. The summed E-state index contributed by atoms with van der Waals surface area (Å²) in [6.07, 6.45) is 5.35. The zero-order chi connectivity index (χ0) is 14.0. The average molecular weight is 324 g/mol. The second-order valence-electron chi connectivity index (χ2n) is 6.17. The molecule has 0 saturated carbocycles. The lowest BCUT2D eigenvalue weighted by Gasteiger charge is -2.33. The monoisotopic (exact) mass is 323 g/mol. The Bertz CT molecular complexity index is 494. The van der Waals surface area contributed by atoms with Gasteiger partial charge in [0.25, 0.3) is 0 Å². The molecule has 1 aromatic carbocycles. The van der Waals surface area contributed by atoms with Crippen LogP contribution in [0, 0.1) is 5.41 Å². The molecular formula is C16H22BrNO. The number of hydrogen-bond acceptors (Lipinski definition) is 2. The van der Waals surface area contributed by atoms with E-state index >= 15 is 0 Å². The van der Waals surface area contributed by atoms with Gasteiger partial charge in [0, 0.05) is 10.5 Å². The van der Waals surface area contributed by atoms with Crippen LogP contribution in [0.5, 0.6) is 5.75 Å². The van der Waals surface area contributed by atoms with Gasteiger partial charge in [-0.15, -0.1) is 0 Å². The molecule has 0 aromatic heterocycles. The number of benzene rings is 1. The van der Waals surface area contributed by atoms with Crippen molar-refractivity contribution in [2.24, 2.45) is 11.1 Å². The van der Waals surface area contributed by atoms with Crippen LogP contribution in [-0.4, -0.2) is 13.2 Å². The molecule has 0 saturated heterocycles. The molecule has 0 bridgehead atoms. The highest BCUT2D eigenvalue weighted by Gasteiger charge is 2.27. The first-order chi connectivity index (χ1) is 8.89. The molecule has 104 valence electrons. The highest BCUT2D eigenvalue weighted by atomic mass is 79.9. The van der Waals surface area contributed by atoms with E-state index in [9.17, 15) is 0 Å². The van der Waals surface area contributed by atoms with Crippen molar-refractivity contribution in [3.8, 4) is 5.75 Å². The van der Waals surface area contributed by atoms with Gasteiger partial charge in [0.2, 0.25) is 0 Å². The number of nitrogens with two attached hydrogens (primary N) is 1. The van der Waals surface area contributed by atoms with E-state index in [4.69, 9.17) is 10.5 Å². The topological polar surface area (TPSA) is 35.2 Å². The first-order valence-electron chi connectivity index (χ1n) is 6.67. The van der Waals surface area contributed by atoms with Crippen molar-refractivity contribution in [3.63, 3.8) is 0 Å². The van der Waals surface area contributed by atoms with Crippen LogP contribution >= 0.6 is 15.9 Å². The third kappa shape index (κ3) is 3.83. The maximum Gasteiger partial charge on any atom is 0.119 e. The number of halogens is 1. The van der Waals surface area contributed by atoms with Crippen molar-refractivity contribution in [1.29, 1.82) is 0 Å². The van der Waals surface area contributed by atoms with Crippen molar-refractivity contribution in [2.45, 2.75) is 39.2 Å². The summed E-state index contributed by atoms with van der Waals surface area (Å²) in [6.45, 7) is 4.58. The van der Waals surface area contributed by atoms with Crippen LogP contribution in [0.3, 0.4) is 0 Å². The molecular weight excluding hydrogens is 302 g/mol. The number of ether oxygens (including phenoxy) is 1. The number of hydrogen-bond donors (Lipinski definition) is 1. The minimum Gasteiger partial charge on any atom is -0.497 e.